The van der Waals surface area contributed by atoms with E-state index < -0.39 is 16.1 Å². The lowest BCUT2D eigenvalue weighted by Crippen LogP contribution is -2.49. The van der Waals surface area contributed by atoms with Gasteiger partial charge in [-0.1, -0.05) is 31.2 Å². The summed E-state index contributed by atoms with van der Waals surface area (Å²) < 4.78 is 34.7. The second-order valence-electron chi connectivity index (χ2n) is 8.46. The second-order valence-corrected chi connectivity index (χ2v) is 10.3. The Labute approximate surface area is 191 Å². The average molecular weight is 460 g/mol. The molecule has 3 rings (SSSR count). The number of benzene rings is 1. The number of fused-ring (bicyclic) bond motifs is 1. The Hall–Kier alpha value is -2.26. The molecule has 8 heteroatoms. The van der Waals surface area contributed by atoms with Gasteiger partial charge in [0, 0.05) is 37.8 Å². The summed E-state index contributed by atoms with van der Waals surface area (Å²) in [5.74, 6) is 0.252. The van der Waals surface area contributed by atoms with Crippen LogP contribution in [0.25, 0.3) is 6.08 Å². The number of rotatable bonds is 7. The standard InChI is InChI=1S/C24H33N3O4S/c1-5-8-20-10-11-24-22(13-20)31-23(16-26(4)15-21-9-6-7-12-25-21)18(2)14-27(19(3)17-28)32(24,29)30/h5-13,18-19,23,28H,14-17H2,1-4H3/b8-5+/t18-,19-,23-/m0/s1. The highest BCUT2D eigenvalue weighted by atomic mass is 32.2. The molecule has 0 spiro atoms. The van der Waals surface area contributed by atoms with Gasteiger partial charge in [-0.3, -0.25) is 9.88 Å². The molecule has 0 amide bonds. The molecule has 7 nitrogen and oxygen atoms in total. The molecule has 2 aromatic rings. The molecule has 3 atom stereocenters. The lowest BCUT2D eigenvalue weighted by Gasteiger charge is -2.37. The van der Waals surface area contributed by atoms with Crippen molar-refractivity contribution in [3.05, 3.63) is 59.9 Å². The molecular formula is C24H33N3O4S. The van der Waals surface area contributed by atoms with Crippen LogP contribution in [0, 0.1) is 5.92 Å². The summed E-state index contributed by atoms with van der Waals surface area (Å²) in [7, 11) is -1.81. The highest BCUT2D eigenvalue weighted by Gasteiger charge is 2.38. The van der Waals surface area contributed by atoms with Gasteiger partial charge in [0.05, 0.1) is 12.3 Å². The molecule has 174 valence electrons. The maximum atomic E-state index is 13.5. The normalized spacial score (nSPS) is 22.2. The first kappa shape index (κ1) is 24.4. The van der Waals surface area contributed by atoms with Crippen LogP contribution in [0.5, 0.6) is 5.75 Å². The number of aromatic nitrogens is 1. The summed E-state index contributed by atoms with van der Waals surface area (Å²) in [6.07, 6.45) is 5.34. The maximum Gasteiger partial charge on any atom is 0.247 e. The third-order valence-corrected chi connectivity index (χ3v) is 7.72. The van der Waals surface area contributed by atoms with E-state index in [2.05, 4.69) is 9.88 Å². The van der Waals surface area contributed by atoms with E-state index in [9.17, 15) is 13.5 Å². The molecule has 32 heavy (non-hydrogen) atoms. The maximum absolute atomic E-state index is 13.5. The summed E-state index contributed by atoms with van der Waals surface area (Å²) in [6, 6.07) is 10.4. The number of aliphatic hydroxyl groups is 1. The SMILES string of the molecule is C/C=C/c1ccc2c(c1)O[C@@H](CN(C)Cc1ccccn1)[C@@H](C)CN([C@@H](C)CO)S2(=O)=O. The predicted molar refractivity (Wildman–Crippen MR) is 126 cm³/mol. The van der Waals surface area contributed by atoms with E-state index >= 15 is 0 Å². The molecule has 0 fully saturated rings. The van der Waals surface area contributed by atoms with Crippen LogP contribution in [0.15, 0.2) is 53.6 Å². The highest BCUT2D eigenvalue weighted by Crippen LogP contribution is 2.34. The van der Waals surface area contributed by atoms with Gasteiger partial charge in [0.2, 0.25) is 10.0 Å². The Balaban J connectivity index is 1.97. The number of pyridine rings is 1. The van der Waals surface area contributed by atoms with Crippen molar-refractivity contribution in [3.8, 4) is 5.75 Å². The van der Waals surface area contributed by atoms with Gasteiger partial charge >= 0.3 is 0 Å². The number of likely N-dealkylation sites (N-methyl/N-ethyl adjacent to an activating group) is 1. The lowest BCUT2D eigenvalue weighted by molar-refractivity contribution is 0.0730. The zero-order valence-electron chi connectivity index (χ0n) is 19.2. The number of hydrogen-bond acceptors (Lipinski definition) is 6. The van der Waals surface area contributed by atoms with Gasteiger partial charge in [0.25, 0.3) is 0 Å². The molecule has 0 saturated carbocycles. The van der Waals surface area contributed by atoms with Crippen molar-refractivity contribution in [2.24, 2.45) is 5.92 Å². The van der Waals surface area contributed by atoms with Gasteiger partial charge in [0.1, 0.15) is 16.7 Å². The summed E-state index contributed by atoms with van der Waals surface area (Å²) in [5, 5.41) is 9.74. The minimum Gasteiger partial charge on any atom is -0.487 e. The van der Waals surface area contributed by atoms with Gasteiger partial charge in [-0.15, -0.1) is 0 Å². The Morgan fingerprint density at radius 1 is 1.34 bits per heavy atom. The first-order valence-electron chi connectivity index (χ1n) is 10.9. The molecule has 2 heterocycles. The fraction of sp³-hybridized carbons (Fsp3) is 0.458. The van der Waals surface area contributed by atoms with E-state index in [0.717, 1.165) is 11.3 Å². The van der Waals surface area contributed by atoms with E-state index in [1.807, 2.05) is 51.2 Å². The summed E-state index contributed by atoms with van der Waals surface area (Å²) in [4.78, 5) is 6.66. The van der Waals surface area contributed by atoms with Crippen LogP contribution in [0.2, 0.25) is 0 Å². The molecule has 0 saturated heterocycles. The fourth-order valence-corrected chi connectivity index (χ4v) is 5.72. The Kier molecular flexibility index (Phi) is 8.05. The zero-order chi connectivity index (χ0) is 23.3. The van der Waals surface area contributed by atoms with E-state index in [1.54, 1.807) is 31.3 Å². The zero-order valence-corrected chi connectivity index (χ0v) is 20.0. The molecular weight excluding hydrogens is 426 g/mol. The third-order valence-electron chi connectivity index (χ3n) is 5.70. The van der Waals surface area contributed by atoms with Gasteiger partial charge in [-0.25, -0.2) is 8.42 Å². The number of allylic oxidation sites excluding steroid dienone is 1. The molecule has 0 radical (unpaired) electrons. The summed E-state index contributed by atoms with van der Waals surface area (Å²) >= 11 is 0. The minimum absolute atomic E-state index is 0.0940. The van der Waals surface area contributed by atoms with Gasteiger partial charge in [-0.05, 0) is 50.7 Å². The molecule has 0 unspecified atom stereocenters. The Morgan fingerprint density at radius 3 is 2.78 bits per heavy atom. The minimum atomic E-state index is -3.82. The Bertz CT molecular complexity index is 1030. The van der Waals surface area contributed by atoms with Crippen LogP contribution in [-0.2, 0) is 16.6 Å². The van der Waals surface area contributed by atoms with E-state index in [4.69, 9.17) is 4.74 Å². The van der Waals surface area contributed by atoms with Gasteiger partial charge in [0.15, 0.2) is 0 Å². The molecule has 1 aliphatic rings. The smallest absolute Gasteiger partial charge is 0.247 e. The molecule has 1 N–H and O–H groups in total. The number of hydrogen-bond donors (Lipinski definition) is 1. The number of ether oxygens (including phenoxy) is 1. The summed E-state index contributed by atoms with van der Waals surface area (Å²) in [6.45, 7) is 6.91. The second kappa shape index (κ2) is 10.6. The summed E-state index contributed by atoms with van der Waals surface area (Å²) in [5.41, 5.74) is 1.83. The van der Waals surface area contributed by atoms with Gasteiger partial charge in [-0.2, -0.15) is 4.31 Å². The van der Waals surface area contributed by atoms with E-state index in [0.29, 0.717) is 18.8 Å². The fourth-order valence-electron chi connectivity index (χ4n) is 3.90. The molecule has 1 aromatic carbocycles. The first-order chi connectivity index (χ1) is 15.3. The monoisotopic (exact) mass is 459 g/mol. The number of nitrogens with zero attached hydrogens (tertiary/aromatic N) is 3. The van der Waals surface area contributed by atoms with Crippen LogP contribution >= 0.6 is 0 Å². The van der Waals surface area contributed by atoms with E-state index in [-0.39, 0.29) is 30.1 Å². The van der Waals surface area contributed by atoms with Crippen molar-refractivity contribution in [2.45, 2.75) is 44.4 Å². The Morgan fingerprint density at radius 2 is 2.12 bits per heavy atom. The van der Waals surface area contributed by atoms with Crippen LogP contribution < -0.4 is 4.74 Å². The number of aliphatic hydroxyl groups excluding tert-OH is 1. The lowest BCUT2D eigenvalue weighted by atomic mass is 10.0. The van der Waals surface area contributed by atoms with Crippen molar-refractivity contribution < 1.29 is 18.3 Å². The van der Waals surface area contributed by atoms with Crippen molar-refractivity contribution >= 4 is 16.1 Å². The average Bonchev–Trinajstić information content (AvgIpc) is 2.76. The van der Waals surface area contributed by atoms with Crippen LogP contribution in [0.4, 0.5) is 0 Å². The van der Waals surface area contributed by atoms with Crippen LogP contribution in [0.1, 0.15) is 32.0 Å². The highest BCUT2D eigenvalue weighted by molar-refractivity contribution is 7.89. The van der Waals surface area contributed by atoms with E-state index in [1.165, 1.54) is 4.31 Å². The molecule has 1 aromatic heterocycles. The molecule has 1 aliphatic heterocycles. The van der Waals surface area contributed by atoms with Crippen LogP contribution in [0.3, 0.4) is 0 Å². The largest absolute Gasteiger partial charge is 0.487 e. The number of sulfonamides is 1. The van der Waals surface area contributed by atoms with Crippen molar-refractivity contribution in [2.75, 3.05) is 26.7 Å². The third kappa shape index (κ3) is 5.56. The van der Waals surface area contributed by atoms with Gasteiger partial charge < -0.3 is 9.84 Å². The quantitative estimate of drug-likeness (QED) is 0.685. The molecule has 0 bridgehead atoms. The first-order valence-corrected chi connectivity index (χ1v) is 12.3. The topological polar surface area (TPSA) is 83.0 Å². The van der Waals surface area contributed by atoms with Crippen LogP contribution in [-0.4, -0.2) is 66.6 Å². The molecule has 0 aliphatic carbocycles. The predicted octanol–water partition coefficient (Wildman–Crippen LogP) is 3.02. The van der Waals surface area contributed by atoms with Crippen molar-refractivity contribution in [3.63, 3.8) is 0 Å². The van der Waals surface area contributed by atoms with Crippen molar-refractivity contribution in [1.82, 2.24) is 14.2 Å². The van der Waals surface area contributed by atoms with Crippen molar-refractivity contribution in [1.29, 1.82) is 0 Å².